The first kappa shape index (κ1) is 15.3. The third-order valence-electron chi connectivity index (χ3n) is 3.90. The zero-order valence-corrected chi connectivity index (χ0v) is 12.8. The number of rotatable bonds is 1. The van der Waals surface area contributed by atoms with Crippen LogP contribution in [0.3, 0.4) is 0 Å². The fraction of sp³-hybridized carbons (Fsp3) is 0.467. The molecule has 0 unspecified atom stereocenters. The smallest absolute Gasteiger partial charge is 0.313 e. The highest BCUT2D eigenvalue weighted by Crippen LogP contribution is 2.31. The van der Waals surface area contributed by atoms with Gasteiger partial charge in [-0.3, -0.25) is 9.59 Å². The van der Waals surface area contributed by atoms with E-state index in [0.29, 0.717) is 49.9 Å². The minimum atomic E-state index is -0.661. The molecule has 118 valence electrons. The van der Waals surface area contributed by atoms with Gasteiger partial charge >= 0.3 is 11.8 Å². The molecular formula is C15H17ClN2O4. The van der Waals surface area contributed by atoms with Crippen molar-refractivity contribution in [2.24, 2.45) is 0 Å². The molecular weight excluding hydrogens is 308 g/mol. The summed E-state index contributed by atoms with van der Waals surface area (Å²) in [5.41, 5.74) is 0.502. The number of carbonyl (C=O) groups excluding carboxylic acids is 2. The van der Waals surface area contributed by atoms with Crippen LogP contribution in [0.25, 0.3) is 0 Å². The van der Waals surface area contributed by atoms with E-state index in [9.17, 15) is 9.59 Å². The zero-order valence-electron chi connectivity index (χ0n) is 12.0. The van der Waals surface area contributed by atoms with Gasteiger partial charge in [-0.25, -0.2) is 0 Å². The molecule has 2 amide bonds. The monoisotopic (exact) mass is 324 g/mol. The Kier molecular flexibility index (Phi) is 4.33. The third kappa shape index (κ3) is 3.24. The minimum Gasteiger partial charge on any atom is -0.347 e. The van der Waals surface area contributed by atoms with Gasteiger partial charge in [0.2, 0.25) is 0 Å². The first-order valence-corrected chi connectivity index (χ1v) is 7.60. The van der Waals surface area contributed by atoms with Crippen LogP contribution < -0.4 is 5.32 Å². The number of halogens is 1. The number of likely N-dealkylation sites (tertiary alicyclic amines) is 1. The lowest BCUT2D eigenvalue weighted by Gasteiger charge is -2.37. The Morgan fingerprint density at radius 3 is 2.50 bits per heavy atom. The van der Waals surface area contributed by atoms with E-state index < -0.39 is 17.6 Å². The van der Waals surface area contributed by atoms with Crippen LogP contribution in [-0.4, -0.2) is 48.8 Å². The van der Waals surface area contributed by atoms with Crippen molar-refractivity contribution in [2.75, 3.05) is 31.6 Å². The van der Waals surface area contributed by atoms with Crippen molar-refractivity contribution < 1.29 is 19.1 Å². The molecule has 6 nitrogen and oxygen atoms in total. The second-order valence-corrected chi connectivity index (χ2v) is 5.80. The van der Waals surface area contributed by atoms with Gasteiger partial charge in [-0.2, -0.15) is 0 Å². The standard InChI is InChI=1S/C15H17ClN2O4/c16-11-2-1-3-12(10-11)17-13(19)14(20)18-6-4-15(5-7-18)21-8-9-22-15/h1-3,10H,4-9H2,(H,17,19). The van der Waals surface area contributed by atoms with Crippen molar-refractivity contribution in [3.63, 3.8) is 0 Å². The van der Waals surface area contributed by atoms with Crippen LogP contribution in [0.2, 0.25) is 5.02 Å². The molecule has 7 heteroatoms. The number of hydrogen-bond acceptors (Lipinski definition) is 4. The Labute approximate surface area is 133 Å². The average molecular weight is 325 g/mol. The van der Waals surface area contributed by atoms with Crippen LogP contribution in [0.1, 0.15) is 12.8 Å². The molecule has 0 atom stereocenters. The normalized spacial score (nSPS) is 20.1. The number of amides is 2. The number of ether oxygens (including phenoxy) is 2. The summed E-state index contributed by atoms with van der Waals surface area (Å²) in [5.74, 6) is -1.76. The summed E-state index contributed by atoms with van der Waals surface area (Å²) in [5, 5.41) is 3.06. The molecule has 2 aliphatic rings. The van der Waals surface area contributed by atoms with Crippen LogP contribution in [-0.2, 0) is 19.1 Å². The van der Waals surface area contributed by atoms with Gasteiger partial charge in [-0.1, -0.05) is 17.7 Å². The lowest BCUT2D eigenvalue weighted by atomic mass is 10.0. The van der Waals surface area contributed by atoms with Gasteiger partial charge in [-0.15, -0.1) is 0 Å². The van der Waals surface area contributed by atoms with Crippen molar-refractivity contribution >= 4 is 29.1 Å². The SMILES string of the molecule is O=C(Nc1cccc(Cl)c1)C(=O)N1CCC2(CC1)OCCO2. The first-order valence-electron chi connectivity index (χ1n) is 7.22. The molecule has 0 saturated carbocycles. The minimum absolute atomic E-state index is 0.446. The molecule has 0 aromatic heterocycles. The summed E-state index contributed by atoms with van der Waals surface area (Å²) in [7, 11) is 0. The van der Waals surface area contributed by atoms with E-state index in [1.54, 1.807) is 24.3 Å². The van der Waals surface area contributed by atoms with E-state index in [2.05, 4.69) is 5.32 Å². The lowest BCUT2D eigenvalue weighted by molar-refractivity contribution is -0.187. The molecule has 2 heterocycles. The van der Waals surface area contributed by atoms with E-state index >= 15 is 0 Å². The van der Waals surface area contributed by atoms with Crippen molar-refractivity contribution in [2.45, 2.75) is 18.6 Å². The fourth-order valence-corrected chi connectivity index (χ4v) is 2.92. The quantitative estimate of drug-likeness (QED) is 0.798. The Morgan fingerprint density at radius 1 is 1.18 bits per heavy atom. The van der Waals surface area contributed by atoms with Gasteiger partial charge in [0.25, 0.3) is 0 Å². The molecule has 2 fully saturated rings. The third-order valence-corrected chi connectivity index (χ3v) is 4.14. The number of piperidine rings is 1. The van der Waals surface area contributed by atoms with Gasteiger partial charge in [-0.05, 0) is 18.2 Å². The molecule has 1 spiro atoms. The van der Waals surface area contributed by atoms with Crippen LogP contribution in [0.4, 0.5) is 5.69 Å². The average Bonchev–Trinajstić information content (AvgIpc) is 2.95. The van der Waals surface area contributed by atoms with Crippen LogP contribution in [0.5, 0.6) is 0 Å². The highest BCUT2D eigenvalue weighted by Gasteiger charge is 2.41. The van der Waals surface area contributed by atoms with Gasteiger partial charge in [0, 0.05) is 36.6 Å². The predicted octanol–water partition coefficient (Wildman–Crippen LogP) is 1.64. The van der Waals surface area contributed by atoms with E-state index in [0.717, 1.165) is 0 Å². The molecule has 3 rings (SSSR count). The summed E-state index contributed by atoms with van der Waals surface area (Å²) < 4.78 is 11.2. The van der Waals surface area contributed by atoms with Crippen LogP contribution in [0.15, 0.2) is 24.3 Å². The number of benzene rings is 1. The maximum atomic E-state index is 12.2. The van der Waals surface area contributed by atoms with E-state index in [4.69, 9.17) is 21.1 Å². The molecule has 1 N–H and O–H groups in total. The Bertz CT molecular complexity index is 577. The van der Waals surface area contributed by atoms with E-state index in [1.807, 2.05) is 0 Å². The number of hydrogen-bond donors (Lipinski definition) is 1. The van der Waals surface area contributed by atoms with Gasteiger partial charge in [0.1, 0.15) is 0 Å². The molecule has 1 aromatic carbocycles. The molecule has 0 aliphatic carbocycles. The topological polar surface area (TPSA) is 67.9 Å². The number of nitrogens with one attached hydrogen (secondary N) is 1. The van der Waals surface area contributed by atoms with Gasteiger partial charge in [0.15, 0.2) is 5.79 Å². The van der Waals surface area contributed by atoms with Crippen LogP contribution in [0, 0.1) is 0 Å². The Hall–Kier alpha value is -1.63. The Balaban J connectivity index is 1.56. The van der Waals surface area contributed by atoms with Crippen molar-refractivity contribution in [1.82, 2.24) is 4.90 Å². The molecule has 0 radical (unpaired) electrons. The lowest BCUT2D eigenvalue weighted by Crippen LogP contribution is -2.50. The van der Waals surface area contributed by atoms with Gasteiger partial charge in [0.05, 0.1) is 13.2 Å². The van der Waals surface area contributed by atoms with Crippen molar-refractivity contribution in [1.29, 1.82) is 0 Å². The summed E-state index contributed by atoms with van der Waals surface area (Å²) in [6.07, 6.45) is 1.17. The molecule has 2 saturated heterocycles. The summed E-state index contributed by atoms with van der Waals surface area (Å²) >= 11 is 5.85. The van der Waals surface area contributed by atoms with Gasteiger partial charge < -0.3 is 19.7 Å². The van der Waals surface area contributed by atoms with Crippen molar-refractivity contribution in [3.8, 4) is 0 Å². The number of carbonyl (C=O) groups is 2. The van der Waals surface area contributed by atoms with Crippen LogP contribution >= 0.6 is 11.6 Å². The van der Waals surface area contributed by atoms with E-state index in [-0.39, 0.29) is 0 Å². The Morgan fingerprint density at radius 2 is 1.86 bits per heavy atom. The first-order chi connectivity index (χ1) is 10.6. The van der Waals surface area contributed by atoms with Crippen molar-refractivity contribution in [3.05, 3.63) is 29.3 Å². The number of anilines is 1. The largest absolute Gasteiger partial charge is 0.347 e. The zero-order chi connectivity index (χ0) is 15.6. The summed E-state index contributed by atoms with van der Waals surface area (Å²) in [4.78, 5) is 25.7. The molecule has 22 heavy (non-hydrogen) atoms. The molecule has 1 aromatic rings. The maximum Gasteiger partial charge on any atom is 0.313 e. The number of nitrogens with zero attached hydrogens (tertiary/aromatic N) is 1. The summed E-state index contributed by atoms with van der Waals surface area (Å²) in [6, 6.07) is 6.69. The second-order valence-electron chi connectivity index (χ2n) is 5.36. The summed E-state index contributed by atoms with van der Waals surface area (Å²) in [6.45, 7) is 2.07. The maximum absolute atomic E-state index is 12.2. The highest BCUT2D eigenvalue weighted by molar-refractivity contribution is 6.39. The fourth-order valence-electron chi connectivity index (χ4n) is 2.73. The predicted molar refractivity (Wildman–Crippen MR) is 80.5 cm³/mol. The highest BCUT2D eigenvalue weighted by atomic mass is 35.5. The second kappa shape index (κ2) is 6.24. The molecule has 2 aliphatic heterocycles. The molecule has 0 bridgehead atoms. The van der Waals surface area contributed by atoms with E-state index in [1.165, 1.54) is 4.90 Å².